The van der Waals surface area contributed by atoms with Crippen LogP contribution in [0.3, 0.4) is 0 Å². The van der Waals surface area contributed by atoms with Gasteiger partial charge in [-0.25, -0.2) is 0 Å². The molecule has 0 atom stereocenters. The summed E-state index contributed by atoms with van der Waals surface area (Å²) in [6.07, 6.45) is 2.46. The first kappa shape index (κ1) is 18.4. The maximum atomic E-state index is 12.8. The molecule has 144 valence electrons. The number of hydrogen-bond donors (Lipinski definition) is 1. The lowest BCUT2D eigenvalue weighted by Crippen LogP contribution is -2.36. The third kappa shape index (κ3) is 3.85. The molecule has 3 aromatic rings. The number of piperidine rings is 1. The molecular formula is C23H25N3O2. The lowest BCUT2D eigenvalue weighted by Gasteiger charge is -2.33. The highest BCUT2D eigenvalue weighted by Crippen LogP contribution is 2.24. The van der Waals surface area contributed by atoms with Gasteiger partial charge >= 0.3 is 0 Å². The molecule has 0 saturated carbocycles. The van der Waals surface area contributed by atoms with Crippen LogP contribution >= 0.6 is 0 Å². The average molecular weight is 375 g/mol. The van der Waals surface area contributed by atoms with Crippen molar-refractivity contribution in [3.63, 3.8) is 0 Å². The van der Waals surface area contributed by atoms with Crippen LogP contribution in [0.1, 0.15) is 28.9 Å². The number of nitrogens with zero attached hydrogens (tertiary/aromatic N) is 2. The van der Waals surface area contributed by atoms with Crippen molar-refractivity contribution >= 4 is 28.2 Å². The first-order valence-corrected chi connectivity index (χ1v) is 9.69. The maximum absolute atomic E-state index is 12.8. The van der Waals surface area contributed by atoms with Crippen LogP contribution in [0.2, 0.25) is 0 Å². The van der Waals surface area contributed by atoms with Crippen LogP contribution in [0.15, 0.2) is 54.6 Å². The van der Waals surface area contributed by atoms with Crippen LogP contribution < -0.4 is 10.2 Å². The van der Waals surface area contributed by atoms with E-state index in [-0.39, 0.29) is 5.91 Å². The van der Waals surface area contributed by atoms with Crippen LogP contribution in [-0.2, 0) is 4.74 Å². The molecule has 1 saturated heterocycles. The van der Waals surface area contributed by atoms with Crippen molar-refractivity contribution in [1.29, 1.82) is 0 Å². The highest BCUT2D eigenvalue weighted by atomic mass is 16.5. The smallest absolute Gasteiger partial charge is 0.257 e. The summed E-state index contributed by atoms with van der Waals surface area (Å²) in [5, 5.41) is 3.96. The van der Waals surface area contributed by atoms with E-state index in [1.165, 1.54) is 5.69 Å². The summed E-state index contributed by atoms with van der Waals surface area (Å²) in [5.74, 6) is -0.141. The van der Waals surface area contributed by atoms with E-state index in [4.69, 9.17) is 4.74 Å². The summed E-state index contributed by atoms with van der Waals surface area (Å²) in [7, 11) is 1.78. The first-order valence-electron chi connectivity index (χ1n) is 9.69. The Morgan fingerprint density at radius 1 is 1.07 bits per heavy atom. The van der Waals surface area contributed by atoms with Gasteiger partial charge in [0.15, 0.2) is 0 Å². The maximum Gasteiger partial charge on any atom is 0.257 e. The van der Waals surface area contributed by atoms with Crippen LogP contribution in [-0.4, -0.2) is 37.2 Å². The minimum atomic E-state index is -0.141. The largest absolute Gasteiger partial charge is 0.381 e. The zero-order valence-electron chi connectivity index (χ0n) is 16.3. The number of fused-ring (bicyclic) bond motifs is 1. The van der Waals surface area contributed by atoms with Crippen LogP contribution in [0.4, 0.5) is 11.4 Å². The lowest BCUT2D eigenvalue weighted by molar-refractivity contribution is 0.0819. The van der Waals surface area contributed by atoms with E-state index in [2.05, 4.69) is 27.3 Å². The average Bonchev–Trinajstić information content (AvgIpc) is 2.74. The van der Waals surface area contributed by atoms with E-state index in [0.717, 1.165) is 48.2 Å². The summed E-state index contributed by atoms with van der Waals surface area (Å²) in [5.41, 5.74) is 4.18. The Balaban J connectivity index is 1.48. The molecule has 1 N–H and O–H groups in total. The Hall–Kier alpha value is -2.92. The molecule has 0 unspecified atom stereocenters. The van der Waals surface area contributed by atoms with Crippen LogP contribution in [0.25, 0.3) is 10.9 Å². The van der Waals surface area contributed by atoms with E-state index in [1.54, 1.807) is 7.11 Å². The second-order valence-corrected chi connectivity index (χ2v) is 7.25. The van der Waals surface area contributed by atoms with Gasteiger partial charge in [0.25, 0.3) is 5.91 Å². The van der Waals surface area contributed by atoms with Gasteiger partial charge in [-0.2, -0.15) is 0 Å². The second-order valence-electron chi connectivity index (χ2n) is 7.25. The molecule has 0 spiro atoms. The fraction of sp³-hybridized carbons (Fsp3) is 0.304. The number of carbonyl (C=O) groups excluding carboxylic acids is 1. The van der Waals surface area contributed by atoms with Crippen molar-refractivity contribution in [3.05, 3.63) is 65.9 Å². The number of methoxy groups -OCH3 is 1. The number of hydrogen-bond acceptors (Lipinski definition) is 4. The molecule has 5 nitrogen and oxygen atoms in total. The summed E-state index contributed by atoms with van der Waals surface area (Å²) < 4.78 is 5.44. The van der Waals surface area contributed by atoms with E-state index in [0.29, 0.717) is 11.7 Å². The monoisotopic (exact) mass is 375 g/mol. The highest BCUT2D eigenvalue weighted by molar-refractivity contribution is 6.11. The molecule has 5 heteroatoms. The van der Waals surface area contributed by atoms with Gasteiger partial charge in [-0.15, -0.1) is 0 Å². The van der Waals surface area contributed by atoms with Crippen molar-refractivity contribution in [3.8, 4) is 0 Å². The molecule has 0 bridgehead atoms. The number of anilines is 2. The molecular weight excluding hydrogens is 350 g/mol. The van der Waals surface area contributed by atoms with E-state index in [9.17, 15) is 4.79 Å². The molecule has 1 aliphatic heterocycles. The van der Waals surface area contributed by atoms with Crippen molar-refractivity contribution in [2.24, 2.45) is 0 Å². The number of rotatable bonds is 4. The summed E-state index contributed by atoms with van der Waals surface area (Å²) >= 11 is 0. The number of nitrogens with one attached hydrogen (secondary N) is 1. The van der Waals surface area contributed by atoms with Gasteiger partial charge in [0, 0.05) is 42.7 Å². The van der Waals surface area contributed by atoms with Gasteiger partial charge in [-0.1, -0.05) is 18.2 Å². The zero-order chi connectivity index (χ0) is 19.5. The minimum absolute atomic E-state index is 0.141. The van der Waals surface area contributed by atoms with Crippen LogP contribution in [0, 0.1) is 6.92 Å². The van der Waals surface area contributed by atoms with Gasteiger partial charge in [-0.3, -0.25) is 9.78 Å². The first-order chi connectivity index (χ1) is 13.6. The Morgan fingerprint density at radius 2 is 1.82 bits per heavy atom. The third-order valence-electron chi connectivity index (χ3n) is 5.37. The predicted octanol–water partition coefficient (Wildman–Crippen LogP) is 4.41. The number of aryl methyl sites for hydroxylation is 1. The summed E-state index contributed by atoms with van der Waals surface area (Å²) in [6.45, 7) is 3.92. The molecule has 1 aromatic heterocycles. The molecule has 0 radical (unpaired) electrons. The highest BCUT2D eigenvalue weighted by Gasteiger charge is 2.19. The van der Waals surface area contributed by atoms with Crippen molar-refractivity contribution < 1.29 is 9.53 Å². The summed E-state index contributed by atoms with van der Waals surface area (Å²) in [6, 6.07) is 17.7. The number of ether oxygens (including phenoxy) is 1. The Morgan fingerprint density at radius 3 is 2.54 bits per heavy atom. The fourth-order valence-electron chi connectivity index (χ4n) is 3.73. The van der Waals surface area contributed by atoms with E-state index < -0.39 is 0 Å². The van der Waals surface area contributed by atoms with E-state index in [1.807, 2.05) is 49.4 Å². The number of benzene rings is 2. The number of pyridine rings is 1. The Kier molecular flexibility index (Phi) is 5.26. The number of amides is 1. The van der Waals surface area contributed by atoms with Crippen LogP contribution in [0.5, 0.6) is 0 Å². The quantitative estimate of drug-likeness (QED) is 0.734. The van der Waals surface area contributed by atoms with Gasteiger partial charge < -0.3 is 15.0 Å². The SMILES string of the molecule is COC1CCN(c2ccc(NC(=O)c3cccc4ccc(C)nc34)cc2)CC1. The molecule has 0 aliphatic carbocycles. The lowest BCUT2D eigenvalue weighted by atomic mass is 10.1. The molecule has 28 heavy (non-hydrogen) atoms. The molecule has 2 heterocycles. The topological polar surface area (TPSA) is 54.5 Å². The van der Waals surface area contributed by atoms with Gasteiger partial charge in [0.1, 0.15) is 0 Å². The van der Waals surface area contributed by atoms with Gasteiger partial charge in [0.05, 0.1) is 17.2 Å². The molecule has 2 aromatic carbocycles. The predicted molar refractivity (Wildman–Crippen MR) is 113 cm³/mol. The number of aromatic nitrogens is 1. The minimum Gasteiger partial charge on any atom is -0.381 e. The molecule has 1 fully saturated rings. The number of para-hydroxylation sites is 1. The van der Waals surface area contributed by atoms with Gasteiger partial charge in [-0.05, 0) is 56.2 Å². The Bertz CT molecular complexity index is 977. The van der Waals surface area contributed by atoms with Gasteiger partial charge in [0.2, 0.25) is 0 Å². The van der Waals surface area contributed by atoms with Crippen molar-refractivity contribution in [2.75, 3.05) is 30.4 Å². The Labute approximate surface area is 165 Å². The van der Waals surface area contributed by atoms with E-state index >= 15 is 0 Å². The molecule has 1 aliphatic rings. The number of carbonyl (C=O) groups is 1. The standard InChI is InChI=1S/C23H25N3O2/c1-16-6-7-17-4-3-5-21(22(17)24-16)23(27)25-18-8-10-19(11-9-18)26-14-12-20(28-2)13-15-26/h3-11,20H,12-15H2,1-2H3,(H,25,27). The molecule has 4 rings (SSSR count). The summed E-state index contributed by atoms with van der Waals surface area (Å²) in [4.78, 5) is 19.7. The zero-order valence-corrected chi connectivity index (χ0v) is 16.3. The normalized spacial score (nSPS) is 15.0. The fourth-order valence-corrected chi connectivity index (χ4v) is 3.73. The van der Waals surface area contributed by atoms with Crippen molar-refractivity contribution in [2.45, 2.75) is 25.9 Å². The van der Waals surface area contributed by atoms with Crippen molar-refractivity contribution in [1.82, 2.24) is 4.98 Å². The molecule has 1 amide bonds. The third-order valence-corrected chi connectivity index (χ3v) is 5.37. The second kappa shape index (κ2) is 7.98.